The molecule has 1 aliphatic heterocycles. The molecule has 7 nitrogen and oxygen atoms in total. The van der Waals surface area contributed by atoms with Crippen LogP contribution in [0.4, 0.5) is 0 Å². The molecular formula is C19H23ClN2O5. The lowest BCUT2D eigenvalue weighted by Gasteiger charge is -2.40. The van der Waals surface area contributed by atoms with Crippen molar-refractivity contribution in [2.24, 2.45) is 0 Å². The molecule has 2 heterocycles. The zero-order chi connectivity index (χ0) is 19.6. The first-order valence-corrected chi connectivity index (χ1v) is 9.22. The minimum atomic E-state index is -1.42. The summed E-state index contributed by atoms with van der Waals surface area (Å²) >= 11 is 6.31. The summed E-state index contributed by atoms with van der Waals surface area (Å²) in [6.07, 6.45) is -4.75. The van der Waals surface area contributed by atoms with Gasteiger partial charge in [0.25, 0.3) is 0 Å². The summed E-state index contributed by atoms with van der Waals surface area (Å²) in [6.45, 7) is 1.53. The molecule has 0 aliphatic carbocycles. The van der Waals surface area contributed by atoms with Crippen LogP contribution in [0.15, 0.2) is 30.3 Å². The van der Waals surface area contributed by atoms with Gasteiger partial charge in [-0.3, -0.25) is 0 Å². The van der Waals surface area contributed by atoms with Crippen molar-refractivity contribution in [3.8, 4) is 0 Å². The quantitative estimate of drug-likeness (QED) is 0.592. The maximum absolute atomic E-state index is 10.3. The molecule has 8 heteroatoms. The van der Waals surface area contributed by atoms with E-state index in [0.717, 1.165) is 23.4 Å². The van der Waals surface area contributed by atoms with E-state index in [1.807, 2.05) is 19.1 Å². The maximum Gasteiger partial charge on any atom is 0.113 e. The van der Waals surface area contributed by atoms with Crippen LogP contribution < -0.4 is 0 Å². The Labute approximate surface area is 162 Å². The molecule has 1 aromatic carbocycles. The van der Waals surface area contributed by atoms with E-state index in [1.54, 1.807) is 18.2 Å². The van der Waals surface area contributed by atoms with Crippen molar-refractivity contribution in [3.63, 3.8) is 0 Å². The predicted molar refractivity (Wildman–Crippen MR) is 98.4 cm³/mol. The van der Waals surface area contributed by atoms with E-state index in [-0.39, 0.29) is 0 Å². The molecule has 5 atom stereocenters. The first kappa shape index (κ1) is 20.1. The van der Waals surface area contributed by atoms with Crippen LogP contribution in [0.5, 0.6) is 0 Å². The third kappa shape index (κ3) is 4.29. The summed E-state index contributed by atoms with van der Waals surface area (Å²) in [5, 5.41) is 48.5. The van der Waals surface area contributed by atoms with Crippen LogP contribution in [0.3, 0.4) is 0 Å². The van der Waals surface area contributed by atoms with E-state index in [0.29, 0.717) is 17.0 Å². The number of halogens is 1. The fraction of sp³-hybridized carbons (Fsp3) is 0.474. The van der Waals surface area contributed by atoms with Crippen LogP contribution in [-0.4, -0.2) is 61.6 Å². The fourth-order valence-corrected chi connectivity index (χ4v) is 3.33. The average Bonchev–Trinajstić information content (AvgIpc) is 2.69. The summed E-state index contributed by atoms with van der Waals surface area (Å²) in [5.74, 6) is 0. The Balaban J connectivity index is 1.85. The van der Waals surface area contributed by atoms with Gasteiger partial charge in [0.2, 0.25) is 0 Å². The van der Waals surface area contributed by atoms with E-state index >= 15 is 0 Å². The summed E-state index contributed by atoms with van der Waals surface area (Å²) < 4.78 is 5.61. The molecule has 1 saturated heterocycles. The normalized spacial score (nSPS) is 28.3. The molecule has 1 aliphatic rings. The largest absolute Gasteiger partial charge is 0.394 e. The second-order valence-electron chi connectivity index (χ2n) is 6.65. The molecule has 0 unspecified atom stereocenters. The molecule has 0 bridgehead atoms. The second-order valence-corrected chi connectivity index (χ2v) is 7.05. The summed E-state index contributed by atoms with van der Waals surface area (Å²) in [5.41, 5.74) is 3.01. The molecule has 4 N–H and O–H groups in total. The Bertz CT molecular complexity index is 771. The lowest BCUT2D eigenvalue weighted by Crippen LogP contribution is -2.55. The summed E-state index contributed by atoms with van der Waals surface area (Å²) in [4.78, 5) is 0. The van der Waals surface area contributed by atoms with Crippen molar-refractivity contribution < 1.29 is 25.2 Å². The highest BCUT2D eigenvalue weighted by molar-refractivity contribution is 6.31. The van der Waals surface area contributed by atoms with Gasteiger partial charge in [-0.1, -0.05) is 30.7 Å². The number of aliphatic hydroxyl groups is 4. The van der Waals surface area contributed by atoms with Gasteiger partial charge in [0.05, 0.1) is 18.0 Å². The van der Waals surface area contributed by atoms with Gasteiger partial charge in [-0.25, -0.2) is 0 Å². The molecule has 27 heavy (non-hydrogen) atoms. The lowest BCUT2D eigenvalue weighted by molar-refractivity contribution is -0.231. The number of aryl methyl sites for hydroxylation is 1. The molecule has 146 valence electrons. The smallest absolute Gasteiger partial charge is 0.113 e. The number of hydrogen-bond donors (Lipinski definition) is 4. The van der Waals surface area contributed by atoms with Gasteiger partial charge in [0.1, 0.15) is 30.5 Å². The van der Waals surface area contributed by atoms with Crippen molar-refractivity contribution in [3.05, 3.63) is 57.9 Å². The number of rotatable bonds is 5. The molecule has 1 aromatic heterocycles. The summed E-state index contributed by atoms with van der Waals surface area (Å²) in [7, 11) is 0. The number of nitrogens with zero attached hydrogens (tertiary/aromatic N) is 2. The zero-order valence-corrected chi connectivity index (χ0v) is 15.6. The molecule has 0 spiro atoms. The highest BCUT2D eigenvalue weighted by Gasteiger charge is 2.44. The highest BCUT2D eigenvalue weighted by Crippen LogP contribution is 2.34. The van der Waals surface area contributed by atoms with E-state index in [4.69, 9.17) is 16.3 Å². The Kier molecular flexibility index (Phi) is 6.41. The van der Waals surface area contributed by atoms with E-state index < -0.39 is 37.1 Å². The fourth-order valence-electron chi connectivity index (χ4n) is 3.15. The number of aromatic nitrogens is 2. The molecule has 0 saturated carbocycles. The molecule has 0 radical (unpaired) electrons. The van der Waals surface area contributed by atoms with Crippen molar-refractivity contribution >= 4 is 11.6 Å². The Morgan fingerprint density at radius 2 is 1.70 bits per heavy atom. The van der Waals surface area contributed by atoms with Crippen LogP contribution in [0.2, 0.25) is 5.02 Å². The molecular weight excluding hydrogens is 372 g/mol. The van der Waals surface area contributed by atoms with Crippen molar-refractivity contribution in [1.29, 1.82) is 0 Å². The molecule has 1 fully saturated rings. The topological polar surface area (TPSA) is 116 Å². The predicted octanol–water partition coefficient (Wildman–Crippen LogP) is 0.798. The minimum Gasteiger partial charge on any atom is -0.394 e. The number of ether oxygens (including phenoxy) is 1. The van der Waals surface area contributed by atoms with Gasteiger partial charge < -0.3 is 25.2 Å². The van der Waals surface area contributed by atoms with Crippen LogP contribution in [0, 0.1) is 0 Å². The number of hydrogen-bond acceptors (Lipinski definition) is 7. The van der Waals surface area contributed by atoms with Gasteiger partial charge in [-0.05, 0) is 35.7 Å². The van der Waals surface area contributed by atoms with Crippen LogP contribution in [0.1, 0.15) is 35.5 Å². The van der Waals surface area contributed by atoms with Crippen LogP contribution in [0.25, 0.3) is 0 Å². The van der Waals surface area contributed by atoms with E-state index in [9.17, 15) is 20.4 Å². The standard InChI is InChI=1S/C19H23ClN2O5/c1-2-12-4-5-13(22-21-12)8-11-7-10(3-6-14(11)20)19-18(26)17(25)16(24)15(9-23)27-19/h3-7,15-19,23-26H,2,8-9H2,1H3/t15-,16-,17+,18-,19+/m1/s1. The minimum absolute atomic E-state index is 0.446. The first-order valence-electron chi connectivity index (χ1n) is 8.85. The van der Waals surface area contributed by atoms with Gasteiger partial charge in [-0.15, -0.1) is 0 Å². The number of aliphatic hydroxyl groups excluding tert-OH is 4. The Morgan fingerprint density at radius 1 is 1.00 bits per heavy atom. The molecule has 0 amide bonds. The third-order valence-corrected chi connectivity index (χ3v) is 5.17. The van der Waals surface area contributed by atoms with Crippen molar-refractivity contribution in [2.45, 2.75) is 50.3 Å². The zero-order valence-electron chi connectivity index (χ0n) is 14.9. The maximum atomic E-state index is 10.3. The van der Waals surface area contributed by atoms with Crippen molar-refractivity contribution in [1.82, 2.24) is 10.2 Å². The highest BCUT2D eigenvalue weighted by atomic mass is 35.5. The molecule has 2 aromatic rings. The SMILES string of the molecule is CCc1ccc(Cc2cc([C@@H]3O[C@H](CO)[C@@H](O)[C@H](O)[C@H]3O)ccc2Cl)nn1. The lowest BCUT2D eigenvalue weighted by atomic mass is 9.90. The number of benzene rings is 1. The van der Waals surface area contributed by atoms with Gasteiger partial charge in [0.15, 0.2) is 0 Å². The second kappa shape index (κ2) is 8.60. The van der Waals surface area contributed by atoms with Gasteiger partial charge in [-0.2, -0.15) is 10.2 Å². The van der Waals surface area contributed by atoms with E-state index in [1.165, 1.54) is 0 Å². The average molecular weight is 395 g/mol. The third-order valence-electron chi connectivity index (χ3n) is 4.80. The Hall–Kier alpha value is -1.61. The van der Waals surface area contributed by atoms with Gasteiger partial charge in [0, 0.05) is 11.4 Å². The first-order chi connectivity index (χ1) is 12.9. The summed E-state index contributed by atoms with van der Waals surface area (Å²) in [6, 6.07) is 8.94. The molecule has 3 rings (SSSR count). The van der Waals surface area contributed by atoms with Crippen LogP contribution >= 0.6 is 11.6 Å². The van der Waals surface area contributed by atoms with Gasteiger partial charge >= 0.3 is 0 Å². The Morgan fingerprint density at radius 3 is 2.33 bits per heavy atom. The van der Waals surface area contributed by atoms with Crippen LogP contribution in [-0.2, 0) is 17.6 Å². The van der Waals surface area contributed by atoms with E-state index in [2.05, 4.69) is 10.2 Å². The van der Waals surface area contributed by atoms with Crippen molar-refractivity contribution in [2.75, 3.05) is 6.61 Å². The monoisotopic (exact) mass is 394 g/mol.